The Morgan fingerprint density at radius 2 is 2.14 bits per heavy atom. The first-order valence-electron chi connectivity index (χ1n) is 8.47. The Bertz CT molecular complexity index is 359. The van der Waals surface area contributed by atoms with E-state index in [1.54, 1.807) is 0 Å². The molecule has 2 heterocycles. The zero-order chi connectivity index (χ0) is 15.1. The second kappa shape index (κ2) is 10.1. The number of halogens is 1. The second-order valence-corrected chi connectivity index (χ2v) is 6.37. The summed E-state index contributed by atoms with van der Waals surface area (Å²) in [6.45, 7) is 6.35. The van der Waals surface area contributed by atoms with E-state index < -0.39 is 0 Å². The highest BCUT2D eigenvalue weighted by molar-refractivity contribution is 5.85. The van der Waals surface area contributed by atoms with Crippen LogP contribution in [0.1, 0.15) is 45.4 Å². The standard InChI is InChI=1S/C16H29N3O2.ClH/c1-2-8-18-16(21)14-4-3-10-19(12-14)15(20)6-5-13-7-9-17-11-13;/h13-14,17H,2-12H2,1H3,(H,18,21);1H. The summed E-state index contributed by atoms with van der Waals surface area (Å²) in [6.07, 6.45) is 5.61. The van der Waals surface area contributed by atoms with E-state index in [0.717, 1.165) is 51.9 Å². The van der Waals surface area contributed by atoms with E-state index in [9.17, 15) is 9.59 Å². The third-order valence-electron chi connectivity index (χ3n) is 4.62. The van der Waals surface area contributed by atoms with Gasteiger partial charge in [-0.1, -0.05) is 6.92 Å². The lowest BCUT2D eigenvalue weighted by Gasteiger charge is -2.32. The molecule has 0 bridgehead atoms. The van der Waals surface area contributed by atoms with E-state index in [2.05, 4.69) is 17.6 Å². The first-order valence-corrected chi connectivity index (χ1v) is 8.47. The highest BCUT2D eigenvalue weighted by Crippen LogP contribution is 2.20. The SMILES string of the molecule is CCCNC(=O)C1CCCN(C(=O)CCC2CCNC2)C1.Cl. The summed E-state index contributed by atoms with van der Waals surface area (Å²) >= 11 is 0. The number of hydrogen-bond acceptors (Lipinski definition) is 3. The van der Waals surface area contributed by atoms with Gasteiger partial charge in [0.15, 0.2) is 0 Å². The summed E-state index contributed by atoms with van der Waals surface area (Å²) in [5, 5.41) is 6.29. The molecule has 2 aliphatic rings. The maximum Gasteiger partial charge on any atom is 0.224 e. The second-order valence-electron chi connectivity index (χ2n) is 6.37. The molecule has 6 heteroatoms. The first kappa shape index (κ1) is 19.2. The van der Waals surface area contributed by atoms with Crippen LogP contribution in [0.25, 0.3) is 0 Å². The van der Waals surface area contributed by atoms with Gasteiger partial charge in [0, 0.05) is 26.1 Å². The summed E-state index contributed by atoms with van der Waals surface area (Å²) in [5.74, 6) is 0.994. The molecule has 0 saturated carbocycles. The summed E-state index contributed by atoms with van der Waals surface area (Å²) in [6, 6.07) is 0. The molecule has 2 amide bonds. The Kier molecular flexibility index (Phi) is 8.79. The fourth-order valence-corrected chi connectivity index (χ4v) is 3.26. The highest BCUT2D eigenvalue weighted by atomic mass is 35.5. The van der Waals surface area contributed by atoms with Gasteiger partial charge in [-0.05, 0) is 51.1 Å². The summed E-state index contributed by atoms with van der Waals surface area (Å²) < 4.78 is 0. The van der Waals surface area contributed by atoms with Crippen LogP contribution in [0.4, 0.5) is 0 Å². The van der Waals surface area contributed by atoms with Crippen LogP contribution in [-0.4, -0.2) is 49.4 Å². The summed E-state index contributed by atoms with van der Waals surface area (Å²) in [7, 11) is 0. The monoisotopic (exact) mass is 331 g/mol. The molecule has 2 fully saturated rings. The topological polar surface area (TPSA) is 61.4 Å². The lowest BCUT2D eigenvalue weighted by molar-refractivity contribution is -0.135. The quantitative estimate of drug-likeness (QED) is 0.776. The minimum Gasteiger partial charge on any atom is -0.356 e. The van der Waals surface area contributed by atoms with Crippen molar-refractivity contribution >= 4 is 24.2 Å². The molecule has 2 atom stereocenters. The van der Waals surface area contributed by atoms with Gasteiger partial charge in [-0.2, -0.15) is 0 Å². The summed E-state index contributed by atoms with van der Waals surface area (Å²) in [4.78, 5) is 26.3. The Morgan fingerprint density at radius 1 is 1.32 bits per heavy atom. The Labute approximate surface area is 140 Å². The van der Waals surface area contributed by atoms with Crippen molar-refractivity contribution in [1.82, 2.24) is 15.5 Å². The van der Waals surface area contributed by atoms with Crippen LogP contribution in [0.2, 0.25) is 0 Å². The van der Waals surface area contributed by atoms with Crippen molar-refractivity contribution in [2.75, 3.05) is 32.7 Å². The predicted octanol–water partition coefficient (Wildman–Crippen LogP) is 1.56. The molecule has 2 aliphatic heterocycles. The molecular weight excluding hydrogens is 302 g/mol. The smallest absolute Gasteiger partial charge is 0.224 e. The van der Waals surface area contributed by atoms with Crippen LogP contribution in [0.5, 0.6) is 0 Å². The summed E-state index contributed by atoms with van der Waals surface area (Å²) in [5.41, 5.74) is 0. The van der Waals surface area contributed by atoms with E-state index in [4.69, 9.17) is 0 Å². The Hall–Kier alpha value is -0.810. The molecule has 2 saturated heterocycles. The van der Waals surface area contributed by atoms with Gasteiger partial charge in [-0.3, -0.25) is 9.59 Å². The highest BCUT2D eigenvalue weighted by Gasteiger charge is 2.28. The number of carbonyl (C=O) groups is 2. The van der Waals surface area contributed by atoms with Crippen LogP contribution in [0.3, 0.4) is 0 Å². The van der Waals surface area contributed by atoms with Crippen LogP contribution in [-0.2, 0) is 9.59 Å². The van der Waals surface area contributed by atoms with Crippen molar-refractivity contribution in [3.63, 3.8) is 0 Å². The molecule has 0 aliphatic carbocycles. The van der Waals surface area contributed by atoms with Crippen LogP contribution < -0.4 is 10.6 Å². The fraction of sp³-hybridized carbons (Fsp3) is 0.875. The molecule has 0 aromatic carbocycles. The van der Waals surface area contributed by atoms with Crippen LogP contribution >= 0.6 is 12.4 Å². The van der Waals surface area contributed by atoms with Gasteiger partial charge in [-0.25, -0.2) is 0 Å². The van der Waals surface area contributed by atoms with Crippen molar-refractivity contribution < 1.29 is 9.59 Å². The van der Waals surface area contributed by atoms with E-state index in [1.807, 2.05) is 4.90 Å². The van der Waals surface area contributed by atoms with Gasteiger partial charge >= 0.3 is 0 Å². The van der Waals surface area contributed by atoms with Crippen LogP contribution in [0, 0.1) is 11.8 Å². The van der Waals surface area contributed by atoms with E-state index in [-0.39, 0.29) is 30.1 Å². The number of nitrogens with zero attached hydrogens (tertiary/aromatic N) is 1. The van der Waals surface area contributed by atoms with E-state index >= 15 is 0 Å². The number of piperidine rings is 1. The largest absolute Gasteiger partial charge is 0.356 e. The van der Waals surface area contributed by atoms with Gasteiger partial charge in [0.2, 0.25) is 11.8 Å². The van der Waals surface area contributed by atoms with E-state index in [0.29, 0.717) is 18.9 Å². The maximum atomic E-state index is 12.3. The first-order chi connectivity index (χ1) is 10.2. The number of likely N-dealkylation sites (tertiary alicyclic amines) is 1. The molecule has 128 valence electrons. The normalized spacial score (nSPS) is 24.7. The average molecular weight is 332 g/mol. The van der Waals surface area contributed by atoms with Crippen molar-refractivity contribution in [1.29, 1.82) is 0 Å². The zero-order valence-electron chi connectivity index (χ0n) is 13.6. The number of amides is 2. The number of carbonyl (C=O) groups excluding carboxylic acids is 2. The van der Waals surface area contributed by atoms with E-state index in [1.165, 1.54) is 6.42 Å². The molecule has 0 aromatic rings. The van der Waals surface area contributed by atoms with Gasteiger partial charge in [-0.15, -0.1) is 12.4 Å². The van der Waals surface area contributed by atoms with Gasteiger partial charge in [0.05, 0.1) is 5.92 Å². The maximum absolute atomic E-state index is 12.3. The van der Waals surface area contributed by atoms with Crippen LogP contribution in [0.15, 0.2) is 0 Å². The number of rotatable bonds is 6. The fourth-order valence-electron chi connectivity index (χ4n) is 3.26. The lowest BCUT2D eigenvalue weighted by atomic mass is 9.96. The number of hydrogen-bond donors (Lipinski definition) is 2. The molecular formula is C16H30ClN3O2. The molecule has 0 spiro atoms. The Balaban J connectivity index is 0.00000242. The Morgan fingerprint density at radius 3 is 2.82 bits per heavy atom. The molecule has 22 heavy (non-hydrogen) atoms. The van der Waals surface area contributed by atoms with Gasteiger partial charge in [0.25, 0.3) is 0 Å². The minimum atomic E-state index is -0.0117. The van der Waals surface area contributed by atoms with Gasteiger partial charge in [0.1, 0.15) is 0 Å². The van der Waals surface area contributed by atoms with Gasteiger partial charge < -0.3 is 15.5 Å². The zero-order valence-corrected chi connectivity index (χ0v) is 14.4. The average Bonchev–Trinajstić information content (AvgIpc) is 3.03. The molecule has 2 N–H and O–H groups in total. The molecule has 2 rings (SSSR count). The van der Waals surface area contributed by atoms with Crippen molar-refractivity contribution in [3.05, 3.63) is 0 Å². The minimum absolute atomic E-state index is 0. The van der Waals surface area contributed by atoms with Crippen molar-refractivity contribution in [2.24, 2.45) is 11.8 Å². The third-order valence-corrected chi connectivity index (χ3v) is 4.62. The lowest BCUT2D eigenvalue weighted by Crippen LogP contribution is -2.45. The molecule has 2 unspecified atom stereocenters. The molecule has 5 nitrogen and oxygen atoms in total. The van der Waals surface area contributed by atoms with Crippen molar-refractivity contribution in [2.45, 2.75) is 45.4 Å². The third kappa shape index (κ3) is 5.76. The van der Waals surface area contributed by atoms with Crippen molar-refractivity contribution in [3.8, 4) is 0 Å². The molecule has 0 radical (unpaired) electrons. The predicted molar refractivity (Wildman–Crippen MR) is 90.1 cm³/mol. The molecule has 0 aromatic heterocycles. The number of nitrogens with one attached hydrogen (secondary N) is 2.